The van der Waals surface area contributed by atoms with E-state index >= 15 is 0 Å². The molecule has 1 aromatic carbocycles. The molecule has 98 valence electrons. The zero-order chi connectivity index (χ0) is 13.7. The number of nitrogen functional groups attached to an aromatic ring is 1. The summed E-state index contributed by atoms with van der Waals surface area (Å²) in [5, 5.41) is 0. The summed E-state index contributed by atoms with van der Waals surface area (Å²) in [7, 11) is 0. The molecular weight excluding hydrogens is 246 g/mol. The van der Waals surface area contributed by atoms with Gasteiger partial charge in [0.25, 0.3) is 5.56 Å². The van der Waals surface area contributed by atoms with Crippen LogP contribution in [0.5, 0.6) is 0 Å². The van der Waals surface area contributed by atoms with Crippen LogP contribution in [0.3, 0.4) is 0 Å². The first kappa shape index (κ1) is 12.6. The molecule has 0 aliphatic heterocycles. The highest BCUT2D eigenvalue weighted by Crippen LogP contribution is 2.05. The number of anilines is 2. The van der Waals surface area contributed by atoms with Crippen LogP contribution in [0.15, 0.2) is 41.5 Å². The molecule has 0 bridgehead atoms. The number of carbonyl (C=O) groups is 1. The summed E-state index contributed by atoms with van der Waals surface area (Å²) in [4.78, 5) is 29.0. The molecule has 0 aliphatic carbocycles. The largest absolute Gasteiger partial charge is 0.391 e. The monoisotopic (exact) mass is 259 g/mol. The van der Waals surface area contributed by atoms with E-state index in [-0.39, 0.29) is 23.8 Å². The number of nitrogens with zero attached hydrogens (tertiary/aromatic N) is 1. The van der Waals surface area contributed by atoms with E-state index in [4.69, 9.17) is 5.73 Å². The van der Waals surface area contributed by atoms with Crippen molar-refractivity contribution in [2.24, 2.45) is 0 Å². The van der Waals surface area contributed by atoms with E-state index < -0.39 is 5.56 Å². The Kier molecular flexibility index (Phi) is 3.77. The third-order valence-electron chi connectivity index (χ3n) is 2.42. The lowest BCUT2D eigenvalue weighted by Crippen LogP contribution is -2.32. The third kappa shape index (κ3) is 3.32. The second-order valence-electron chi connectivity index (χ2n) is 3.83. The summed E-state index contributed by atoms with van der Waals surface area (Å²) >= 11 is 0. The Morgan fingerprint density at radius 3 is 2.79 bits per heavy atom. The maximum Gasteiger partial charge on any atom is 0.276 e. The SMILES string of the molecule is Nc1c(NNC(=O)Cc2ccccc2)nc[nH]c1=O. The smallest absolute Gasteiger partial charge is 0.276 e. The number of nitrogens with one attached hydrogen (secondary N) is 3. The molecule has 2 rings (SSSR count). The van der Waals surface area contributed by atoms with Gasteiger partial charge < -0.3 is 10.7 Å². The van der Waals surface area contributed by atoms with Gasteiger partial charge in [-0.15, -0.1) is 0 Å². The van der Waals surface area contributed by atoms with Crippen molar-refractivity contribution in [2.75, 3.05) is 11.2 Å². The molecule has 7 nitrogen and oxygen atoms in total. The Morgan fingerprint density at radius 2 is 2.05 bits per heavy atom. The minimum atomic E-state index is -0.463. The number of benzene rings is 1. The van der Waals surface area contributed by atoms with Crippen LogP contribution < -0.4 is 22.1 Å². The number of aromatic amines is 1. The van der Waals surface area contributed by atoms with Gasteiger partial charge in [0.15, 0.2) is 5.82 Å². The first-order chi connectivity index (χ1) is 9.16. The molecule has 1 aromatic heterocycles. The van der Waals surface area contributed by atoms with Gasteiger partial charge in [0.2, 0.25) is 5.91 Å². The second kappa shape index (κ2) is 5.67. The molecule has 0 fully saturated rings. The van der Waals surface area contributed by atoms with Crippen LogP contribution in [-0.2, 0) is 11.2 Å². The molecule has 5 N–H and O–H groups in total. The molecule has 1 amide bonds. The zero-order valence-electron chi connectivity index (χ0n) is 10.0. The molecule has 7 heteroatoms. The summed E-state index contributed by atoms with van der Waals surface area (Å²) < 4.78 is 0. The zero-order valence-corrected chi connectivity index (χ0v) is 10.0. The van der Waals surface area contributed by atoms with Gasteiger partial charge in [-0.25, -0.2) is 4.98 Å². The number of aromatic nitrogens is 2. The first-order valence-corrected chi connectivity index (χ1v) is 5.59. The summed E-state index contributed by atoms with van der Waals surface area (Å²) in [5.74, 6) is -0.141. The van der Waals surface area contributed by atoms with E-state index in [9.17, 15) is 9.59 Å². The highest BCUT2D eigenvalue weighted by atomic mass is 16.2. The van der Waals surface area contributed by atoms with Crippen LogP contribution in [0, 0.1) is 0 Å². The normalized spacial score (nSPS) is 9.89. The van der Waals surface area contributed by atoms with E-state index in [2.05, 4.69) is 20.8 Å². The summed E-state index contributed by atoms with van der Waals surface area (Å²) in [6.07, 6.45) is 1.42. The molecule has 0 saturated carbocycles. The van der Waals surface area contributed by atoms with Crippen LogP contribution in [0.4, 0.5) is 11.5 Å². The molecule has 0 radical (unpaired) electrons. The molecule has 19 heavy (non-hydrogen) atoms. The van der Waals surface area contributed by atoms with E-state index in [0.717, 1.165) is 5.56 Å². The molecule has 0 aliphatic rings. The lowest BCUT2D eigenvalue weighted by Gasteiger charge is -2.08. The van der Waals surface area contributed by atoms with Gasteiger partial charge in [0.1, 0.15) is 5.69 Å². The molecular formula is C12H13N5O2. The van der Waals surface area contributed by atoms with Crippen molar-refractivity contribution >= 4 is 17.4 Å². The third-order valence-corrected chi connectivity index (χ3v) is 2.42. The second-order valence-corrected chi connectivity index (χ2v) is 3.83. The molecule has 0 saturated heterocycles. The predicted molar refractivity (Wildman–Crippen MR) is 71.2 cm³/mol. The van der Waals surface area contributed by atoms with Crippen LogP contribution in [0.1, 0.15) is 5.56 Å². The Hall–Kier alpha value is -2.83. The highest BCUT2D eigenvalue weighted by Gasteiger charge is 2.06. The van der Waals surface area contributed by atoms with Gasteiger partial charge >= 0.3 is 0 Å². The Labute approximate surface area is 108 Å². The van der Waals surface area contributed by atoms with E-state index in [1.807, 2.05) is 30.3 Å². The van der Waals surface area contributed by atoms with E-state index in [1.54, 1.807) is 0 Å². The Bertz CT molecular complexity index is 624. The fourth-order valence-electron chi connectivity index (χ4n) is 1.46. The number of hydrogen-bond donors (Lipinski definition) is 4. The van der Waals surface area contributed by atoms with Gasteiger partial charge in [0.05, 0.1) is 12.7 Å². The average Bonchev–Trinajstić information content (AvgIpc) is 2.42. The molecule has 2 aromatic rings. The number of amides is 1. The molecule has 1 heterocycles. The quantitative estimate of drug-likeness (QED) is 0.579. The van der Waals surface area contributed by atoms with Gasteiger partial charge in [-0.3, -0.25) is 20.4 Å². The maximum absolute atomic E-state index is 11.7. The van der Waals surface area contributed by atoms with Crippen molar-refractivity contribution in [3.63, 3.8) is 0 Å². The number of carbonyl (C=O) groups excluding carboxylic acids is 1. The standard InChI is InChI=1S/C12H13N5O2/c13-10-11(14-7-15-12(10)19)17-16-9(18)6-8-4-2-1-3-5-8/h1-5,7H,6,13H2,(H,16,18)(H2,14,15,17,19). The number of hydrazine groups is 1. The Morgan fingerprint density at radius 1 is 1.32 bits per heavy atom. The number of hydrogen-bond acceptors (Lipinski definition) is 5. The highest BCUT2D eigenvalue weighted by molar-refractivity contribution is 5.80. The van der Waals surface area contributed by atoms with Gasteiger partial charge in [0, 0.05) is 0 Å². The predicted octanol–water partition coefficient (Wildman–Crippen LogP) is 0.0379. The number of H-pyrrole nitrogens is 1. The van der Waals surface area contributed by atoms with Crippen molar-refractivity contribution in [3.05, 3.63) is 52.6 Å². The number of rotatable bonds is 4. The lowest BCUT2D eigenvalue weighted by molar-refractivity contribution is -0.119. The lowest BCUT2D eigenvalue weighted by atomic mass is 10.1. The fourth-order valence-corrected chi connectivity index (χ4v) is 1.46. The molecule has 0 atom stereocenters. The van der Waals surface area contributed by atoms with E-state index in [1.165, 1.54) is 6.33 Å². The van der Waals surface area contributed by atoms with Crippen LogP contribution in [0.2, 0.25) is 0 Å². The van der Waals surface area contributed by atoms with Crippen LogP contribution in [0.25, 0.3) is 0 Å². The average molecular weight is 259 g/mol. The molecule has 0 spiro atoms. The molecule has 0 unspecified atom stereocenters. The summed E-state index contributed by atoms with van der Waals surface area (Å²) in [5.41, 5.74) is 10.8. The van der Waals surface area contributed by atoms with Gasteiger partial charge in [-0.2, -0.15) is 0 Å². The van der Waals surface area contributed by atoms with Crippen molar-refractivity contribution in [3.8, 4) is 0 Å². The van der Waals surface area contributed by atoms with Gasteiger partial charge in [-0.05, 0) is 5.56 Å². The summed E-state index contributed by atoms with van der Waals surface area (Å²) in [6, 6.07) is 9.28. The topological polar surface area (TPSA) is 113 Å². The van der Waals surface area contributed by atoms with Crippen molar-refractivity contribution in [1.29, 1.82) is 0 Å². The van der Waals surface area contributed by atoms with Crippen LogP contribution >= 0.6 is 0 Å². The maximum atomic E-state index is 11.7. The summed E-state index contributed by atoms with van der Waals surface area (Å²) in [6.45, 7) is 0. The van der Waals surface area contributed by atoms with Gasteiger partial charge in [-0.1, -0.05) is 30.3 Å². The first-order valence-electron chi connectivity index (χ1n) is 5.59. The van der Waals surface area contributed by atoms with Crippen LogP contribution in [-0.4, -0.2) is 15.9 Å². The minimum absolute atomic E-state index is 0.0810. The van der Waals surface area contributed by atoms with E-state index in [0.29, 0.717) is 0 Å². The number of nitrogens with two attached hydrogens (primary N) is 1. The van der Waals surface area contributed by atoms with Crippen molar-refractivity contribution < 1.29 is 4.79 Å². The van der Waals surface area contributed by atoms with Crippen molar-refractivity contribution in [1.82, 2.24) is 15.4 Å². The Balaban J connectivity index is 1.94. The minimum Gasteiger partial charge on any atom is -0.391 e. The fraction of sp³-hybridized carbons (Fsp3) is 0.0833. The van der Waals surface area contributed by atoms with Crippen molar-refractivity contribution in [2.45, 2.75) is 6.42 Å².